The Kier molecular flexibility index (Phi) is 4.48. The third kappa shape index (κ3) is 2.58. The first kappa shape index (κ1) is 22.1. The summed E-state index contributed by atoms with van der Waals surface area (Å²) < 4.78 is 21.6. The molecule has 4 heterocycles. The highest BCUT2D eigenvalue weighted by Gasteiger charge is 2.46. The molecule has 180 valence electrons. The van der Waals surface area contributed by atoms with Gasteiger partial charge in [-0.3, -0.25) is 4.79 Å². The lowest BCUT2D eigenvalue weighted by Crippen LogP contribution is -2.44. The fourth-order valence-corrected chi connectivity index (χ4v) is 6.15. The maximum absolute atomic E-state index is 14.9. The zero-order chi connectivity index (χ0) is 24.9. The van der Waals surface area contributed by atoms with Crippen LogP contribution in [0.25, 0.3) is 22.3 Å². The molecule has 3 aromatic rings. The molecule has 0 spiro atoms. The molecule has 35 heavy (non-hydrogen) atoms. The molecule has 2 aromatic heterocycles. The maximum atomic E-state index is 14.9. The average Bonchev–Trinajstić information content (AvgIpc) is 3.23. The first-order valence-electron chi connectivity index (χ1n) is 11.8. The monoisotopic (exact) mass is 476 g/mol. The summed E-state index contributed by atoms with van der Waals surface area (Å²) in [5, 5.41) is 22.4. The van der Waals surface area contributed by atoms with Gasteiger partial charge in [0.1, 0.15) is 12.4 Å². The minimum atomic E-state index is -1.93. The van der Waals surface area contributed by atoms with Crippen LogP contribution >= 0.6 is 0 Å². The van der Waals surface area contributed by atoms with Gasteiger partial charge in [0.2, 0.25) is 0 Å². The molecule has 6 rings (SSSR count). The van der Waals surface area contributed by atoms with Gasteiger partial charge in [-0.2, -0.15) is 0 Å². The number of carbonyl (C=O) groups is 1. The van der Waals surface area contributed by atoms with Gasteiger partial charge in [0, 0.05) is 28.0 Å². The first-order chi connectivity index (χ1) is 16.7. The number of nitrogens with zero attached hydrogens (tertiary/aromatic N) is 2. The lowest BCUT2D eigenvalue weighted by Gasteiger charge is -2.37. The highest BCUT2D eigenvalue weighted by Crippen LogP contribution is 2.49. The molecule has 1 aliphatic carbocycles. The van der Waals surface area contributed by atoms with Gasteiger partial charge in [-0.05, 0) is 48.9 Å². The molecule has 0 saturated carbocycles. The van der Waals surface area contributed by atoms with Crippen molar-refractivity contribution in [2.24, 2.45) is 0 Å². The van der Waals surface area contributed by atoms with Gasteiger partial charge in [-0.15, -0.1) is 6.58 Å². The van der Waals surface area contributed by atoms with Gasteiger partial charge in [0.25, 0.3) is 5.56 Å². The van der Waals surface area contributed by atoms with Crippen molar-refractivity contribution in [3.05, 3.63) is 74.3 Å². The molecule has 0 radical (unpaired) electrons. The van der Waals surface area contributed by atoms with Gasteiger partial charge in [-0.1, -0.05) is 13.0 Å². The summed E-state index contributed by atoms with van der Waals surface area (Å²) in [7, 11) is 0. The zero-order valence-electron chi connectivity index (χ0n) is 19.6. The third-order valence-corrected chi connectivity index (χ3v) is 8.30. The van der Waals surface area contributed by atoms with E-state index in [1.165, 1.54) is 6.07 Å². The summed E-state index contributed by atoms with van der Waals surface area (Å²) in [6.45, 7) is 7.22. The molecule has 0 unspecified atom stereocenters. The third-order valence-electron chi connectivity index (χ3n) is 8.30. The number of pyridine rings is 2. The average molecular weight is 477 g/mol. The highest BCUT2D eigenvalue weighted by atomic mass is 19.1. The SMILES string of the molecule is C=C[C@]1(CO)CCc2c(C)c(F)cc3nc4c(c1c23)Cn1c-4cc2c(c1=O)COC(=O)[C@]2(O)CC. The van der Waals surface area contributed by atoms with E-state index in [-0.39, 0.29) is 48.7 Å². The Morgan fingerprint density at radius 1 is 1.29 bits per heavy atom. The van der Waals surface area contributed by atoms with E-state index >= 15 is 0 Å². The van der Waals surface area contributed by atoms with Crippen molar-refractivity contribution in [2.75, 3.05) is 6.61 Å². The van der Waals surface area contributed by atoms with Gasteiger partial charge < -0.3 is 19.5 Å². The summed E-state index contributed by atoms with van der Waals surface area (Å²) in [6, 6.07) is 3.04. The van der Waals surface area contributed by atoms with Crippen molar-refractivity contribution in [3.63, 3.8) is 0 Å². The number of aliphatic hydroxyl groups excluding tert-OH is 1. The molecule has 0 saturated heterocycles. The second-order valence-corrected chi connectivity index (χ2v) is 9.79. The molecule has 7 nitrogen and oxygen atoms in total. The Hall–Kier alpha value is -3.36. The summed E-state index contributed by atoms with van der Waals surface area (Å²) in [6.07, 6.45) is 2.91. The van der Waals surface area contributed by atoms with Gasteiger partial charge in [0.15, 0.2) is 5.60 Å². The molecule has 2 N–H and O–H groups in total. The number of carbonyl (C=O) groups excluding carboxylic acids is 1. The van der Waals surface area contributed by atoms with E-state index in [1.54, 1.807) is 30.6 Å². The fourth-order valence-electron chi connectivity index (χ4n) is 6.15. The Labute approximate surface area is 200 Å². The Morgan fingerprint density at radius 2 is 2.06 bits per heavy atom. The summed E-state index contributed by atoms with van der Waals surface area (Å²) in [5.41, 5.74) is 1.79. The van der Waals surface area contributed by atoms with Gasteiger partial charge in [0.05, 0.1) is 35.6 Å². The van der Waals surface area contributed by atoms with E-state index in [2.05, 4.69) is 6.58 Å². The molecule has 3 aliphatic rings. The van der Waals surface area contributed by atoms with Crippen molar-refractivity contribution in [3.8, 4) is 11.4 Å². The van der Waals surface area contributed by atoms with Crippen LogP contribution in [0.5, 0.6) is 0 Å². The van der Waals surface area contributed by atoms with Crippen LogP contribution in [0.3, 0.4) is 0 Å². The number of halogens is 1. The number of aromatic nitrogens is 2. The van der Waals surface area contributed by atoms with Gasteiger partial charge >= 0.3 is 5.97 Å². The Morgan fingerprint density at radius 3 is 2.74 bits per heavy atom. The second kappa shape index (κ2) is 7.08. The van der Waals surface area contributed by atoms with Crippen molar-refractivity contribution in [1.82, 2.24) is 9.55 Å². The number of hydrogen-bond donors (Lipinski definition) is 2. The lowest BCUT2D eigenvalue weighted by molar-refractivity contribution is -0.172. The molecular formula is C27H25FN2O5. The highest BCUT2D eigenvalue weighted by molar-refractivity contribution is 5.94. The molecule has 0 amide bonds. The van der Waals surface area contributed by atoms with Crippen molar-refractivity contribution in [1.29, 1.82) is 0 Å². The number of aryl methyl sites for hydroxylation is 1. The maximum Gasteiger partial charge on any atom is 0.343 e. The number of benzene rings is 1. The first-order valence-corrected chi connectivity index (χ1v) is 11.8. The molecule has 8 heteroatoms. The van der Waals surface area contributed by atoms with E-state index in [9.17, 15) is 24.2 Å². The van der Waals surface area contributed by atoms with Crippen molar-refractivity contribution in [2.45, 2.75) is 57.3 Å². The van der Waals surface area contributed by atoms with Crippen LogP contribution in [-0.2, 0) is 40.1 Å². The summed E-state index contributed by atoms with van der Waals surface area (Å²) >= 11 is 0. The number of aliphatic hydroxyl groups is 2. The number of ether oxygens (including phenoxy) is 1. The lowest BCUT2D eigenvalue weighted by atomic mass is 9.68. The number of hydrogen-bond acceptors (Lipinski definition) is 6. The molecule has 2 aliphatic heterocycles. The minimum absolute atomic E-state index is 0.0446. The fraction of sp³-hybridized carbons (Fsp3) is 0.370. The van der Waals surface area contributed by atoms with Gasteiger partial charge in [-0.25, -0.2) is 14.2 Å². The van der Waals surface area contributed by atoms with Crippen LogP contribution in [-0.4, -0.2) is 32.3 Å². The summed E-state index contributed by atoms with van der Waals surface area (Å²) in [4.78, 5) is 30.8. The Bertz CT molecular complexity index is 1560. The predicted octanol–water partition coefficient (Wildman–Crippen LogP) is 2.89. The number of esters is 1. The van der Waals surface area contributed by atoms with Crippen LogP contribution in [0.15, 0.2) is 29.6 Å². The number of fused-ring (bicyclic) bond motifs is 5. The topological polar surface area (TPSA) is 102 Å². The van der Waals surface area contributed by atoms with E-state index < -0.39 is 17.0 Å². The Balaban J connectivity index is 1.74. The molecular weight excluding hydrogens is 451 g/mol. The van der Waals surface area contributed by atoms with E-state index in [0.717, 1.165) is 22.1 Å². The molecule has 2 atom stereocenters. The van der Waals surface area contributed by atoms with Crippen molar-refractivity contribution < 1.29 is 24.1 Å². The molecule has 1 aromatic carbocycles. The van der Waals surface area contributed by atoms with Crippen LogP contribution in [0, 0.1) is 12.7 Å². The van der Waals surface area contributed by atoms with Crippen molar-refractivity contribution >= 4 is 16.9 Å². The van der Waals surface area contributed by atoms with E-state index in [4.69, 9.17) is 9.72 Å². The van der Waals surface area contributed by atoms with Crippen LogP contribution in [0.2, 0.25) is 0 Å². The van der Waals surface area contributed by atoms with Crippen LogP contribution in [0.1, 0.15) is 53.1 Å². The molecule has 0 bridgehead atoms. The summed E-state index contributed by atoms with van der Waals surface area (Å²) in [5.74, 6) is -1.14. The smallest absolute Gasteiger partial charge is 0.343 e. The standard InChI is InChI=1S/C27H25FN2O5/c1-4-26(12-31)7-6-14-13(3)18(28)9-19-21(14)22(26)15-10-30-20(23(15)29-19)8-17-16(24(30)32)11-35-25(33)27(17,34)5-2/h4,8-9,31,34H,1,5-7,10-12H2,2-3H3/t26-,27+/m1/s1. The number of rotatable bonds is 3. The van der Waals surface area contributed by atoms with Crippen LogP contribution < -0.4 is 5.56 Å². The van der Waals surface area contributed by atoms with E-state index in [0.29, 0.717) is 35.3 Å². The predicted molar refractivity (Wildman–Crippen MR) is 127 cm³/mol. The number of cyclic esters (lactones) is 1. The zero-order valence-corrected chi connectivity index (χ0v) is 19.6. The second-order valence-electron chi connectivity index (χ2n) is 9.79. The van der Waals surface area contributed by atoms with Crippen LogP contribution in [0.4, 0.5) is 4.39 Å². The normalized spacial score (nSPS) is 24.1. The quantitative estimate of drug-likeness (QED) is 0.348. The molecule has 0 fully saturated rings. The van der Waals surface area contributed by atoms with E-state index in [1.807, 2.05) is 0 Å². The largest absolute Gasteiger partial charge is 0.458 e. The minimum Gasteiger partial charge on any atom is -0.458 e.